The van der Waals surface area contributed by atoms with E-state index in [0.29, 0.717) is 41.8 Å². The summed E-state index contributed by atoms with van der Waals surface area (Å²) in [4.78, 5) is 4.69. The molecule has 1 saturated heterocycles. The quantitative estimate of drug-likeness (QED) is 0.648. The van der Waals surface area contributed by atoms with E-state index in [0.717, 1.165) is 18.4 Å². The molecular weight excluding hydrogens is 386 g/mol. The number of sulfonamides is 1. The van der Waals surface area contributed by atoms with E-state index < -0.39 is 10.0 Å². The number of hydrogen-bond acceptors (Lipinski definition) is 5. The second-order valence-corrected chi connectivity index (χ2v) is 8.82. The van der Waals surface area contributed by atoms with Crippen molar-refractivity contribution in [1.29, 1.82) is 0 Å². The second kappa shape index (κ2) is 7.42. The molecule has 140 valence electrons. The predicted molar refractivity (Wildman–Crippen MR) is 102 cm³/mol. The van der Waals surface area contributed by atoms with Gasteiger partial charge in [0, 0.05) is 23.7 Å². The van der Waals surface area contributed by atoms with Crippen molar-refractivity contribution in [3.8, 4) is 11.4 Å². The Balaban J connectivity index is 1.51. The van der Waals surface area contributed by atoms with Crippen LogP contribution in [0.1, 0.15) is 24.3 Å². The summed E-state index contributed by atoms with van der Waals surface area (Å²) < 4.78 is 32.0. The third-order valence-corrected chi connectivity index (χ3v) is 6.72. The first-order chi connectivity index (χ1) is 13.0. The molecule has 27 heavy (non-hydrogen) atoms. The zero-order valence-electron chi connectivity index (χ0n) is 14.5. The van der Waals surface area contributed by atoms with Crippen LogP contribution in [0.15, 0.2) is 57.9 Å². The first-order valence-electron chi connectivity index (χ1n) is 8.70. The molecule has 0 radical (unpaired) electrons. The largest absolute Gasteiger partial charge is 0.339 e. The lowest BCUT2D eigenvalue weighted by atomic mass is 10.1. The van der Waals surface area contributed by atoms with Crippen LogP contribution < -0.4 is 0 Å². The number of aromatic nitrogens is 2. The average Bonchev–Trinajstić information content (AvgIpc) is 3.36. The van der Waals surface area contributed by atoms with Gasteiger partial charge in [-0.05, 0) is 54.8 Å². The lowest BCUT2D eigenvalue weighted by molar-refractivity contribution is 0.385. The van der Waals surface area contributed by atoms with E-state index >= 15 is 0 Å². The molecule has 4 rings (SSSR count). The highest BCUT2D eigenvalue weighted by atomic mass is 35.5. The number of hydrogen-bond donors (Lipinski definition) is 0. The van der Waals surface area contributed by atoms with E-state index in [4.69, 9.17) is 16.1 Å². The maximum absolute atomic E-state index is 12.6. The maximum Gasteiger partial charge on any atom is 0.243 e. The van der Waals surface area contributed by atoms with Gasteiger partial charge in [-0.2, -0.15) is 9.29 Å². The normalized spacial score (nSPS) is 15.3. The molecule has 0 N–H and O–H groups in total. The molecule has 0 amide bonds. The van der Waals surface area contributed by atoms with Crippen LogP contribution >= 0.6 is 11.6 Å². The van der Waals surface area contributed by atoms with Crippen molar-refractivity contribution in [2.24, 2.45) is 0 Å². The van der Waals surface area contributed by atoms with Gasteiger partial charge in [0.15, 0.2) is 0 Å². The molecule has 1 aromatic heterocycles. The second-order valence-electron chi connectivity index (χ2n) is 6.45. The molecule has 0 unspecified atom stereocenters. The Labute approximate surface area is 162 Å². The van der Waals surface area contributed by atoms with Crippen LogP contribution in [0.4, 0.5) is 0 Å². The van der Waals surface area contributed by atoms with Crippen molar-refractivity contribution in [2.45, 2.75) is 24.2 Å². The predicted octanol–water partition coefficient (Wildman–Crippen LogP) is 3.77. The van der Waals surface area contributed by atoms with Gasteiger partial charge in [0.05, 0.1) is 11.3 Å². The number of benzene rings is 2. The molecule has 0 spiro atoms. The zero-order chi connectivity index (χ0) is 18.9. The van der Waals surface area contributed by atoms with E-state index in [1.807, 2.05) is 24.3 Å². The van der Waals surface area contributed by atoms with Crippen LogP contribution in [0.25, 0.3) is 11.4 Å². The van der Waals surface area contributed by atoms with Crippen LogP contribution in [-0.4, -0.2) is 36.0 Å². The number of nitrogens with zero attached hydrogens (tertiary/aromatic N) is 3. The summed E-state index contributed by atoms with van der Waals surface area (Å²) >= 11 is 5.89. The fraction of sp³-hybridized carbons (Fsp3) is 0.263. The van der Waals surface area contributed by atoms with Gasteiger partial charge >= 0.3 is 0 Å². The first kappa shape index (κ1) is 18.2. The van der Waals surface area contributed by atoms with Crippen LogP contribution in [0.5, 0.6) is 0 Å². The van der Waals surface area contributed by atoms with Crippen LogP contribution in [0.2, 0.25) is 5.02 Å². The van der Waals surface area contributed by atoms with Crippen molar-refractivity contribution in [3.63, 3.8) is 0 Å². The van der Waals surface area contributed by atoms with E-state index in [9.17, 15) is 8.42 Å². The minimum absolute atomic E-state index is 0.290. The smallest absolute Gasteiger partial charge is 0.243 e. The standard InChI is InChI=1S/C19H18ClN3O3S/c20-16-7-3-14(4-8-16)13-18-21-19(22-26-18)15-5-9-17(10-6-15)27(24,25)23-11-1-2-12-23/h3-10H,1-2,11-13H2. The lowest BCUT2D eigenvalue weighted by Crippen LogP contribution is -2.27. The van der Waals surface area contributed by atoms with E-state index in [-0.39, 0.29) is 4.90 Å². The Morgan fingerprint density at radius 3 is 2.33 bits per heavy atom. The molecule has 1 aliphatic rings. The Morgan fingerprint density at radius 1 is 1.00 bits per heavy atom. The monoisotopic (exact) mass is 403 g/mol. The van der Waals surface area contributed by atoms with E-state index in [1.165, 1.54) is 4.31 Å². The highest BCUT2D eigenvalue weighted by molar-refractivity contribution is 7.89. The summed E-state index contributed by atoms with van der Waals surface area (Å²) in [6, 6.07) is 14.0. The minimum Gasteiger partial charge on any atom is -0.339 e. The Kier molecular flexibility index (Phi) is 4.99. The van der Waals surface area contributed by atoms with Gasteiger partial charge in [-0.25, -0.2) is 8.42 Å². The summed E-state index contributed by atoms with van der Waals surface area (Å²) in [6.45, 7) is 1.17. The molecule has 6 nitrogen and oxygen atoms in total. The molecule has 2 aromatic carbocycles. The molecule has 0 bridgehead atoms. The third kappa shape index (κ3) is 3.90. The molecule has 0 aliphatic carbocycles. The van der Waals surface area contributed by atoms with Gasteiger partial charge in [-0.1, -0.05) is 28.9 Å². The number of rotatable bonds is 5. The third-order valence-electron chi connectivity index (χ3n) is 4.55. The van der Waals surface area contributed by atoms with Crippen molar-refractivity contribution in [1.82, 2.24) is 14.4 Å². The summed E-state index contributed by atoms with van der Waals surface area (Å²) in [6.07, 6.45) is 2.33. The van der Waals surface area contributed by atoms with Gasteiger partial charge < -0.3 is 4.52 Å². The topological polar surface area (TPSA) is 76.3 Å². The molecule has 2 heterocycles. The summed E-state index contributed by atoms with van der Waals surface area (Å²) in [5.74, 6) is 0.921. The van der Waals surface area contributed by atoms with Gasteiger partial charge in [0.2, 0.25) is 21.7 Å². The van der Waals surface area contributed by atoms with Crippen molar-refractivity contribution >= 4 is 21.6 Å². The summed E-state index contributed by atoms with van der Waals surface area (Å²) in [5.41, 5.74) is 1.73. The fourth-order valence-electron chi connectivity index (χ4n) is 3.07. The van der Waals surface area contributed by atoms with Gasteiger partial charge in [-0.3, -0.25) is 0 Å². The van der Waals surface area contributed by atoms with Crippen LogP contribution in [0, 0.1) is 0 Å². The lowest BCUT2D eigenvalue weighted by Gasteiger charge is -2.15. The highest BCUT2D eigenvalue weighted by Gasteiger charge is 2.27. The van der Waals surface area contributed by atoms with E-state index in [1.54, 1.807) is 24.3 Å². The van der Waals surface area contributed by atoms with Crippen molar-refractivity contribution < 1.29 is 12.9 Å². The van der Waals surface area contributed by atoms with E-state index in [2.05, 4.69) is 10.1 Å². The van der Waals surface area contributed by atoms with Gasteiger partial charge in [-0.15, -0.1) is 0 Å². The molecule has 3 aromatic rings. The summed E-state index contributed by atoms with van der Waals surface area (Å²) in [7, 11) is -3.42. The zero-order valence-corrected chi connectivity index (χ0v) is 16.1. The Morgan fingerprint density at radius 2 is 1.67 bits per heavy atom. The molecule has 0 saturated carbocycles. The molecule has 1 aliphatic heterocycles. The maximum atomic E-state index is 12.6. The Hall–Kier alpha value is -2.22. The Bertz CT molecular complexity index is 1020. The molecular formula is C19H18ClN3O3S. The molecule has 8 heteroatoms. The summed E-state index contributed by atoms with van der Waals surface area (Å²) in [5, 5.41) is 4.67. The van der Waals surface area contributed by atoms with Gasteiger partial charge in [0.1, 0.15) is 0 Å². The SMILES string of the molecule is O=S(=O)(c1ccc(-c2noc(Cc3ccc(Cl)cc3)n2)cc1)N1CCCC1. The minimum atomic E-state index is -3.42. The fourth-order valence-corrected chi connectivity index (χ4v) is 4.72. The highest BCUT2D eigenvalue weighted by Crippen LogP contribution is 2.24. The molecule has 1 fully saturated rings. The van der Waals surface area contributed by atoms with Gasteiger partial charge in [0.25, 0.3) is 0 Å². The van der Waals surface area contributed by atoms with Crippen LogP contribution in [0.3, 0.4) is 0 Å². The van der Waals surface area contributed by atoms with Crippen molar-refractivity contribution in [2.75, 3.05) is 13.1 Å². The average molecular weight is 404 g/mol. The number of halogens is 1. The van der Waals surface area contributed by atoms with Crippen LogP contribution in [-0.2, 0) is 16.4 Å². The van der Waals surface area contributed by atoms with Crippen molar-refractivity contribution in [3.05, 3.63) is 65.0 Å². The molecule has 0 atom stereocenters. The first-order valence-corrected chi connectivity index (χ1v) is 10.5.